The first-order valence-electron chi connectivity index (χ1n) is 5.73. The van der Waals surface area contributed by atoms with E-state index >= 15 is 0 Å². The molecule has 0 atom stereocenters. The van der Waals surface area contributed by atoms with Crippen molar-refractivity contribution in [3.8, 4) is 17.2 Å². The van der Waals surface area contributed by atoms with Crippen LogP contribution in [0, 0.1) is 3.57 Å². The summed E-state index contributed by atoms with van der Waals surface area (Å²) in [6.07, 6.45) is 0. The average molecular weight is 359 g/mol. The van der Waals surface area contributed by atoms with E-state index in [1.807, 2.05) is 30.9 Å². The van der Waals surface area contributed by atoms with Crippen molar-refractivity contribution >= 4 is 28.5 Å². The normalized spacial score (nSPS) is 10.6. The molecule has 5 nitrogen and oxygen atoms in total. The molecular weight excluding hydrogens is 345 g/mol. The van der Waals surface area contributed by atoms with Crippen LogP contribution >= 0.6 is 22.6 Å². The van der Waals surface area contributed by atoms with Crippen LogP contribution in [0.15, 0.2) is 22.7 Å². The van der Waals surface area contributed by atoms with Crippen molar-refractivity contribution < 1.29 is 9.63 Å². The zero-order valence-electron chi connectivity index (χ0n) is 10.2. The quantitative estimate of drug-likeness (QED) is 0.851. The van der Waals surface area contributed by atoms with Crippen molar-refractivity contribution in [3.63, 3.8) is 0 Å². The summed E-state index contributed by atoms with van der Waals surface area (Å²) in [5, 5.41) is 13.6. The molecule has 0 saturated heterocycles. The Hall–Kier alpha value is -1.31. The summed E-state index contributed by atoms with van der Waals surface area (Å²) in [7, 11) is 0. The minimum Gasteiger partial charge on any atom is -0.507 e. The van der Waals surface area contributed by atoms with Gasteiger partial charge in [0.15, 0.2) is 0 Å². The first-order valence-corrected chi connectivity index (χ1v) is 6.81. The van der Waals surface area contributed by atoms with Crippen molar-refractivity contribution in [1.29, 1.82) is 0 Å². The van der Waals surface area contributed by atoms with Gasteiger partial charge in [-0.3, -0.25) is 0 Å². The number of aromatic hydroxyl groups is 1. The highest BCUT2D eigenvalue weighted by Gasteiger charge is 2.13. The van der Waals surface area contributed by atoms with Crippen LogP contribution in [-0.4, -0.2) is 28.3 Å². The molecule has 2 rings (SSSR count). The summed E-state index contributed by atoms with van der Waals surface area (Å²) in [6.45, 7) is 5.73. The molecule has 1 N–H and O–H groups in total. The maximum Gasteiger partial charge on any atom is 0.266 e. The lowest BCUT2D eigenvalue weighted by atomic mass is 10.2. The number of phenols is 1. The molecule has 0 bridgehead atoms. The van der Waals surface area contributed by atoms with E-state index in [0.29, 0.717) is 11.8 Å². The first-order chi connectivity index (χ1) is 8.65. The summed E-state index contributed by atoms with van der Waals surface area (Å²) in [5.41, 5.74) is 0.721. The fraction of sp³-hybridized carbons (Fsp3) is 0.333. The fourth-order valence-corrected chi connectivity index (χ4v) is 1.95. The van der Waals surface area contributed by atoms with Gasteiger partial charge in [0.05, 0.1) is 3.57 Å². The fourth-order valence-electron chi connectivity index (χ4n) is 1.61. The zero-order valence-corrected chi connectivity index (χ0v) is 12.4. The van der Waals surface area contributed by atoms with E-state index in [1.165, 1.54) is 0 Å². The van der Waals surface area contributed by atoms with Gasteiger partial charge in [-0.15, -0.1) is 0 Å². The number of anilines is 1. The lowest BCUT2D eigenvalue weighted by molar-refractivity contribution is 0.428. The highest BCUT2D eigenvalue weighted by molar-refractivity contribution is 14.1. The monoisotopic (exact) mass is 359 g/mol. The molecule has 18 heavy (non-hydrogen) atoms. The minimum atomic E-state index is 0.218. The van der Waals surface area contributed by atoms with Crippen molar-refractivity contribution in [2.75, 3.05) is 18.0 Å². The van der Waals surface area contributed by atoms with E-state index in [1.54, 1.807) is 6.07 Å². The van der Waals surface area contributed by atoms with Gasteiger partial charge >= 0.3 is 0 Å². The Balaban J connectivity index is 2.31. The predicted molar refractivity (Wildman–Crippen MR) is 77.7 cm³/mol. The minimum absolute atomic E-state index is 0.218. The highest BCUT2D eigenvalue weighted by atomic mass is 127. The van der Waals surface area contributed by atoms with Gasteiger partial charge in [0, 0.05) is 18.7 Å². The van der Waals surface area contributed by atoms with E-state index in [9.17, 15) is 5.11 Å². The molecule has 0 unspecified atom stereocenters. The average Bonchev–Trinajstić information content (AvgIpc) is 2.84. The van der Waals surface area contributed by atoms with Crippen LogP contribution in [0.25, 0.3) is 11.5 Å². The number of aromatic nitrogens is 2. The standard InChI is InChI=1S/C12H14IN3O2/c1-3-16(4-2)12-14-11(18-15-12)8-5-6-9(13)10(17)7-8/h5-7,17H,3-4H2,1-2H3. The smallest absolute Gasteiger partial charge is 0.266 e. The number of hydrogen-bond donors (Lipinski definition) is 1. The topological polar surface area (TPSA) is 62.4 Å². The largest absolute Gasteiger partial charge is 0.507 e. The van der Waals surface area contributed by atoms with Gasteiger partial charge in [-0.25, -0.2) is 0 Å². The Morgan fingerprint density at radius 1 is 1.33 bits per heavy atom. The van der Waals surface area contributed by atoms with E-state index in [4.69, 9.17) is 4.52 Å². The molecule has 0 aliphatic carbocycles. The van der Waals surface area contributed by atoms with E-state index < -0.39 is 0 Å². The number of nitrogens with zero attached hydrogens (tertiary/aromatic N) is 3. The molecular formula is C12H14IN3O2. The van der Waals surface area contributed by atoms with E-state index in [0.717, 1.165) is 22.2 Å². The van der Waals surface area contributed by atoms with Crippen LogP contribution in [0.4, 0.5) is 5.95 Å². The lowest BCUT2D eigenvalue weighted by Crippen LogP contribution is -2.22. The summed E-state index contributed by atoms with van der Waals surface area (Å²) >= 11 is 2.06. The summed E-state index contributed by atoms with van der Waals surface area (Å²) in [6, 6.07) is 5.29. The molecule has 6 heteroatoms. The summed E-state index contributed by atoms with van der Waals surface area (Å²) in [5.74, 6) is 1.22. The third-order valence-electron chi connectivity index (χ3n) is 2.65. The molecule has 0 aliphatic heterocycles. The molecule has 96 valence electrons. The Kier molecular flexibility index (Phi) is 4.05. The van der Waals surface area contributed by atoms with Gasteiger partial charge in [-0.1, -0.05) is 0 Å². The van der Waals surface area contributed by atoms with Gasteiger partial charge in [0.1, 0.15) is 5.75 Å². The SMILES string of the molecule is CCN(CC)c1noc(-c2ccc(I)c(O)c2)n1. The van der Waals surface area contributed by atoms with Crippen molar-refractivity contribution in [2.45, 2.75) is 13.8 Å². The molecule has 0 aliphatic rings. The number of phenolic OH excluding ortho intramolecular Hbond substituents is 1. The summed E-state index contributed by atoms with van der Waals surface area (Å²) in [4.78, 5) is 6.33. The van der Waals surface area contributed by atoms with Crippen LogP contribution in [-0.2, 0) is 0 Å². The Labute approximate surface area is 119 Å². The second-order valence-corrected chi connectivity index (χ2v) is 4.90. The van der Waals surface area contributed by atoms with Crippen LogP contribution in [0.3, 0.4) is 0 Å². The molecule has 0 amide bonds. The number of hydrogen-bond acceptors (Lipinski definition) is 5. The Morgan fingerprint density at radius 2 is 2.06 bits per heavy atom. The van der Waals surface area contributed by atoms with Gasteiger partial charge in [0.25, 0.3) is 11.8 Å². The molecule has 1 aromatic heterocycles. The maximum absolute atomic E-state index is 9.66. The second-order valence-electron chi connectivity index (χ2n) is 3.74. The van der Waals surface area contributed by atoms with E-state index in [2.05, 4.69) is 32.7 Å². The Bertz CT molecular complexity index is 538. The number of halogens is 1. The van der Waals surface area contributed by atoms with Crippen molar-refractivity contribution in [3.05, 3.63) is 21.8 Å². The van der Waals surface area contributed by atoms with E-state index in [-0.39, 0.29) is 5.75 Å². The van der Waals surface area contributed by atoms with Crippen molar-refractivity contribution in [1.82, 2.24) is 10.1 Å². The molecule has 2 aromatic rings. The number of rotatable bonds is 4. The molecule has 0 radical (unpaired) electrons. The zero-order chi connectivity index (χ0) is 13.1. The second kappa shape index (κ2) is 5.55. The molecule has 1 heterocycles. The third-order valence-corrected chi connectivity index (χ3v) is 3.57. The van der Waals surface area contributed by atoms with Gasteiger partial charge in [-0.2, -0.15) is 4.98 Å². The van der Waals surface area contributed by atoms with Gasteiger partial charge < -0.3 is 14.5 Å². The maximum atomic E-state index is 9.66. The molecule has 0 saturated carbocycles. The highest BCUT2D eigenvalue weighted by Crippen LogP contribution is 2.27. The predicted octanol–water partition coefficient (Wildman–Crippen LogP) is 2.89. The summed E-state index contributed by atoms with van der Waals surface area (Å²) < 4.78 is 6.01. The lowest BCUT2D eigenvalue weighted by Gasteiger charge is -2.14. The van der Waals surface area contributed by atoms with Crippen LogP contribution < -0.4 is 4.90 Å². The first kappa shape index (κ1) is 13.1. The molecule has 0 spiro atoms. The molecule has 0 fully saturated rings. The Morgan fingerprint density at radius 3 is 2.67 bits per heavy atom. The van der Waals surface area contributed by atoms with Gasteiger partial charge in [-0.05, 0) is 59.8 Å². The van der Waals surface area contributed by atoms with Crippen LogP contribution in [0.2, 0.25) is 0 Å². The van der Waals surface area contributed by atoms with Crippen LogP contribution in [0.5, 0.6) is 5.75 Å². The molecule has 1 aromatic carbocycles. The third kappa shape index (κ3) is 2.58. The van der Waals surface area contributed by atoms with Crippen LogP contribution in [0.1, 0.15) is 13.8 Å². The van der Waals surface area contributed by atoms with Crippen molar-refractivity contribution in [2.24, 2.45) is 0 Å². The number of benzene rings is 1. The van der Waals surface area contributed by atoms with Gasteiger partial charge in [0.2, 0.25) is 0 Å².